The molecule has 6 rings (SSSR count). The molecule has 0 aliphatic heterocycles. The second-order valence-corrected chi connectivity index (χ2v) is 8.42. The number of H-pyrrole nitrogens is 2. The third-order valence-corrected chi connectivity index (χ3v) is 5.67. The zero-order valence-electron chi connectivity index (χ0n) is 18.4. The van der Waals surface area contributed by atoms with Gasteiger partial charge >= 0.3 is 0 Å². The topological polar surface area (TPSA) is 99.3 Å². The molecule has 0 saturated carbocycles. The van der Waals surface area contributed by atoms with Gasteiger partial charge in [0.05, 0.1) is 22.4 Å². The van der Waals surface area contributed by atoms with Crippen LogP contribution >= 0.6 is 0 Å². The summed E-state index contributed by atoms with van der Waals surface area (Å²) in [7, 11) is 4.09. The molecule has 0 fully saturated rings. The highest BCUT2D eigenvalue weighted by Crippen LogP contribution is 2.30. The van der Waals surface area contributed by atoms with E-state index in [0.29, 0.717) is 11.5 Å². The Labute approximate surface area is 190 Å². The minimum Gasteiger partial charge on any atom is -0.336 e. The maximum atomic E-state index is 4.93. The summed E-state index contributed by atoms with van der Waals surface area (Å²) in [5, 5.41) is 7.61. The lowest BCUT2D eigenvalue weighted by Crippen LogP contribution is -2.10. The highest BCUT2D eigenvalue weighted by atomic mass is 15.2. The highest BCUT2D eigenvalue weighted by Gasteiger charge is 2.18. The van der Waals surface area contributed by atoms with Gasteiger partial charge in [-0.05, 0) is 55.9 Å². The summed E-state index contributed by atoms with van der Waals surface area (Å²) in [6.07, 6.45) is 12.8. The third-order valence-electron chi connectivity index (χ3n) is 5.67. The van der Waals surface area contributed by atoms with Crippen LogP contribution in [0.2, 0.25) is 0 Å². The lowest BCUT2D eigenvalue weighted by molar-refractivity contribution is 0.402. The van der Waals surface area contributed by atoms with Gasteiger partial charge in [0.2, 0.25) is 0 Å². The highest BCUT2D eigenvalue weighted by molar-refractivity contribution is 5.95. The second-order valence-electron chi connectivity index (χ2n) is 8.42. The molecule has 162 valence electrons. The van der Waals surface area contributed by atoms with Crippen molar-refractivity contribution >= 4 is 27.6 Å². The van der Waals surface area contributed by atoms with Gasteiger partial charge in [0.1, 0.15) is 11.0 Å². The predicted octanol–water partition coefficient (Wildman–Crippen LogP) is 4.36. The molecule has 0 bridgehead atoms. The van der Waals surface area contributed by atoms with Gasteiger partial charge in [0.25, 0.3) is 0 Å². The number of aromatic amines is 2. The maximum Gasteiger partial charge on any atom is 0.161 e. The van der Waals surface area contributed by atoms with Gasteiger partial charge in [0.15, 0.2) is 11.5 Å². The van der Waals surface area contributed by atoms with E-state index in [1.807, 2.05) is 44.7 Å². The molecule has 0 amide bonds. The Bertz CT molecular complexity index is 1550. The summed E-state index contributed by atoms with van der Waals surface area (Å²) in [6, 6.07) is 8.05. The van der Waals surface area contributed by atoms with Crippen molar-refractivity contribution in [3.63, 3.8) is 0 Å². The number of hydrogen-bond donors (Lipinski definition) is 2. The number of aromatic nitrogens is 7. The van der Waals surface area contributed by atoms with E-state index >= 15 is 0 Å². The first-order valence-corrected chi connectivity index (χ1v) is 10.8. The standard InChI is InChI=1S/C25H22N8/c1-33(2)14-15-11-17(13-26-12-15)18-7-8-20-23(28-18)24(32-31-20)25-29-19-9-10-27-21(22(19)30-25)16-5-3-4-6-16/h3,5-13H,4,14H2,1-2H3,(H,29,30)(H,31,32). The van der Waals surface area contributed by atoms with Crippen LogP contribution < -0.4 is 0 Å². The average molecular weight is 435 g/mol. The third kappa shape index (κ3) is 3.50. The minimum absolute atomic E-state index is 0.664. The molecule has 8 nitrogen and oxygen atoms in total. The zero-order valence-corrected chi connectivity index (χ0v) is 18.4. The van der Waals surface area contributed by atoms with Crippen LogP contribution in [0.1, 0.15) is 17.7 Å². The van der Waals surface area contributed by atoms with E-state index in [1.165, 1.54) is 0 Å². The van der Waals surface area contributed by atoms with E-state index in [4.69, 9.17) is 9.97 Å². The van der Waals surface area contributed by atoms with Crippen molar-refractivity contribution < 1.29 is 0 Å². The van der Waals surface area contributed by atoms with Crippen LogP contribution in [0.15, 0.2) is 61.1 Å². The van der Waals surface area contributed by atoms with Gasteiger partial charge in [0, 0.05) is 30.7 Å². The monoisotopic (exact) mass is 434 g/mol. The Kier molecular flexibility index (Phi) is 4.58. The molecule has 5 heterocycles. The van der Waals surface area contributed by atoms with Gasteiger partial charge in [-0.3, -0.25) is 15.1 Å². The Morgan fingerprint density at radius 1 is 1.00 bits per heavy atom. The SMILES string of the molecule is CN(C)Cc1cncc(-c2ccc3[nH]nc(-c4nc5c(C6=CCC=C6)nccc5[nH]4)c3n2)c1. The van der Waals surface area contributed by atoms with E-state index in [2.05, 4.69) is 54.3 Å². The van der Waals surface area contributed by atoms with Gasteiger partial charge < -0.3 is 9.88 Å². The van der Waals surface area contributed by atoms with Gasteiger partial charge in [-0.2, -0.15) is 5.10 Å². The molecule has 5 aromatic heterocycles. The average Bonchev–Trinajstić information content (AvgIpc) is 3.57. The van der Waals surface area contributed by atoms with Crippen molar-refractivity contribution in [1.29, 1.82) is 0 Å². The van der Waals surface area contributed by atoms with Crippen LogP contribution in [0, 0.1) is 0 Å². The summed E-state index contributed by atoms with van der Waals surface area (Å²) < 4.78 is 0. The lowest BCUT2D eigenvalue weighted by Gasteiger charge is -2.10. The first-order chi connectivity index (χ1) is 16.2. The van der Waals surface area contributed by atoms with Gasteiger partial charge in [-0.1, -0.05) is 18.2 Å². The van der Waals surface area contributed by atoms with E-state index in [-0.39, 0.29) is 0 Å². The van der Waals surface area contributed by atoms with E-state index in [1.54, 1.807) is 6.20 Å². The molecule has 0 spiro atoms. The summed E-state index contributed by atoms with van der Waals surface area (Å²) in [4.78, 5) is 24.3. The summed E-state index contributed by atoms with van der Waals surface area (Å²) in [5.74, 6) is 0.664. The van der Waals surface area contributed by atoms with Crippen molar-refractivity contribution in [2.45, 2.75) is 13.0 Å². The number of nitrogens with one attached hydrogen (secondary N) is 2. The molecule has 0 radical (unpaired) electrons. The van der Waals surface area contributed by atoms with E-state index < -0.39 is 0 Å². The van der Waals surface area contributed by atoms with Crippen molar-refractivity contribution in [3.05, 3.63) is 72.3 Å². The van der Waals surface area contributed by atoms with Crippen molar-refractivity contribution in [3.8, 4) is 22.8 Å². The molecule has 1 aliphatic carbocycles. The fraction of sp³-hybridized carbons (Fsp3) is 0.160. The zero-order chi connectivity index (χ0) is 22.4. The quantitative estimate of drug-likeness (QED) is 0.426. The smallest absolute Gasteiger partial charge is 0.161 e. The fourth-order valence-electron chi connectivity index (χ4n) is 4.20. The number of rotatable bonds is 5. The van der Waals surface area contributed by atoms with Gasteiger partial charge in [-0.15, -0.1) is 0 Å². The molecule has 0 atom stereocenters. The van der Waals surface area contributed by atoms with Crippen LogP contribution in [-0.4, -0.2) is 54.1 Å². The van der Waals surface area contributed by atoms with Crippen molar-refractivity contribution in [2.24, 2.45) is 0 Å². The Balaban J connectivity index is 1.45. The predicted molar refractivity (Wildman–Crippen MR) is 129 cm³/mol. The molecule has 0 aromatic carbocycles. The number of pyridine rings is 3. The minimum atomic E-state index is 0.664. The summed E-state index contributed by atoms with van der Waals surface area (Å²) in [5.41, 5.74) is 8.98. The van der Waals surface area contributed by atoms with Crippen LogP contribution in [0.25, 0.3) is 50.4 Å². The normalized spacial score (nSPS) is 13.5. The summed E-state index contributed by atoms with van der Waals surface area (Å²) >= 11 is 0. The first kappa shape index (κ1) is 19.5. The summed E-state index contributed by atoms with van der Waals surface area (Å²) in [6.45, 7) is 0.820. The first-order valence-electron chi connectivity index (χ1n) is 10.8. The molecule has 0 saturated heterocycles. The van der Waals surface area contributed by atoms with E-state index in [0.717, 1.165) is 63.1 Å². The van der Waals surface area contributed by atoms with Crippen molar-refractivity contribution in [1.82, 2.24) is 40.0 Å². The molecular weight excluding hydrogens is 412 g/mol. The maximum absolute atomic E-state index is 4.93. The number of nitrogens with zero attached hydrogens (tertiary/aromatic N) is 6. The Hall–Kier alpha value is -4.17. The fourth-order valence-corrected chi connectivity index (χ4v) is 4.20. The van der Waals surface area contributed by atoms with Crippen molar-refractivity contribution in [2.75, 3.05) is 14.1 Å². The molecule has 5 aromatic rings. The number of hydrogen-bond acceptors (Lipinski definition) is 6. The van der Waals surface area contributed by atoms with Gasteiger partial charge in [-0.25, -0.2) is 9.97 Å². The number of allylic oxidation sites excluding steroid dienone is 4. The van der Waals surface area contributed by atoms with Crippen LogP contribution in [0.5, 0.6) is 0 Å². The molecule has 8 heteroatoms. The second kappa shape index (κ2) is 7.75. The van der Waals surface area contributed by atoms with Crippen LogP contribution in [0.4, 0.5) is 0 Å². The lowest BCUT2D eigenvalue weighted by atomic mass is 10.1. The number of imidazole rings is 1. The molecule has 1 aliphatic rings. The Morgan fingerprint density at radius 2 is 1.91 bits per heavy atom. The largest absolute Gasteiger partial charge is 0.336 e. The van der Waals surface area contributed by atoms with Crippen LogP contribution in [-0.2, 0) is 6.54 Å². The van der Waals surface area contributed by atoms with E-state index in [9.17, 15) is 0 Å². The van der Waals surface area contributed by atoms with Crippen LogP contribution in [0.3, 0.4) is 0 Å². The molecule has 2 N–H and O–H groups in total. The molecule has 33 heavy (non-hydrogen) atoms. The Morgan fingerprint density at radius 3 is 2.76 bits per heavy atom. The molecule has 0 unspecified atom stereocenters. The number of fused-ring (bicyclic) bond motifs is 2. The molecular formula is C25H22N8.